The Hall–Kier alpha value is -1.09. The lowest BCUT2D eigenvalue weighted by Crippen LogP contribution is -2.11. The average molecular weight is 224 g/mol. The molecule has 0 aliphatic heterocycles. The lowest BCUT2D eigenvalue weighted by Gasteiger charge is -2.19. The monoisotopic (exact) mass is 224 g/mol. The Bertz CT molecular complexity index is 422. The second-order valence-electron chi connectivity index (χ2n) is 4.43. The van der Waals surface area contributed by atoms with Crippen LogP contribution in [-0.2, 0) is 12.0 Å². The third-order valence-corrected chi connectivity index (χ3v) is 3.35. The number of halogens is 1. The maximum atomic E-state index is 13.7. The highest BCUT2D eigenvalue weighted by molar-refractivity contribution is 5.50. The SMILES string of the molecule is CCc1c(C2(O)CC2)cc(F)c(C)c1OC. The van der Waals surface area contributed by atoms with Crippen LogP contribution in [0.2, 0.25) is 0 Å². The molecule has 1 N–H and O–H groups in total. The van der Waals surface area contributed by atoms with E-state index in [1.807, 2.05) is 6.92 Å². The van der Waals surface area contributed by atoms with Gasteiger partial charge in [0.05, 0.1) is 12.7 Å². The van der Waals surface area contributed by atoms with Gasteiger partial charge in [-0.05, 0) is 37.8 Å². The van der Waals surface area contributed by atoms with E-state index in [1.165, 1.54) is 6.07 Å². The number of hydrogen-bond donors (Lipinski definition) is 1. The Morgan fingerprint density at radius 3 is 2.56 bits per heavy atom. The molecule has 0 saturated heterocycles. The largest absolute Gasteiger partial charge is 0.496 e. The van der Waals surface area contributed by atoms with Gasteiger partial charge in [0.2, 0.25) is 0 Å². The van der Waals surface area contributed by atoms with Crippen LogP contribution in [0.1, 0.15) is 36.5 Å². The standard InChI is InChI=1S/C13H17FO2/c1-4-9-10(13(15)5-6-13)7-11(14)8(2)12(9)16-3/h7,15H,4-6H2,1-3H3. The van der Waals surface area contributed by atoms with Crippen LogP contribution < -0.4 is 4.74 Å². The first kappa shape index (κ1) is 11.4. The van der Waals surface area contributed by atoms with Crippen molar-refractivity contribution in [2.24, 2.45) is 0 Å². The van der Waals surface area contributed by atoms with Crippen molar-refractivity contribution in [3.8, 4) is 5.75 Å². The summed E-state index contributed by atoms with van der Waals surface area (Å²) in [6.07, 6.45) is 2.17. The molecule has 0 aromatic heterocycles. The molecule has 0 atom stereocenters. The Morgan fingerprint density at radius 2 is 2.12 bits per heavy atom. The molecule has 88 valence electrons. The summed E-state index contributed by atoms with van der Waals surface area (Å²) in [6, 6.07) is 1.46. The molecule has 1 aliphatic rings. The quantitative estimate of drug-likeness (QED) is 0.855. The normalized spacial score (nSPS) is 17.3. The second-order valence-corrected chi connectivity index (χ2v) is 4.43. The Morgan fingerprint density at radius 1 is 1.50 bits per heavy atom. The van der Waals surface area contributed by atoms with Crippen LogP contribution in [0, 0.1) is 12.7 Å². The zero-order valence-corrected chi connectivity index (χ0v) is 9.93. The first-order valence-corrected chi connectivity index (χ1v) is 5.62. The molecule has 1 aliphatic carbocycles. The van der Waals surface area contributed by atoms with E-state index in [4.69, 9.17) is 4.74 Å². The lowest BCUT2D eigenvalue weighted by molar-refractivity contribution is 0.149. The molecule has 16 heavy (non-hydrogen) atoms. The molecule has 2 rings (SSSR count). The van der Waals surface area contributed by atoms with Gasteiger partial charge in [-0.15, -0.1) is 0 Å². The zero-order chi connectivity index (χ0) is 11.9. The Kier molecular flexibility index (Phi) is 2.66. The van der Waals surface area contributed by atoms with Crippen LogP contribution in [-0.4, -0.2) is 12.2 Å². The molecule has 0 unspecified atom stereocenters. The predicted octanol–water partition coefficient (Wildman–Crippen LogP) is 2.69. The fourth-order valence-electron chi connectivity index (χ4n) is 2.21. The van der Waals surface area contributed by atoms with E-state index in [0.29, 0.717) is 29.7 Å². The first-order chi connectivity index (χ1) is 7.53. The molecule has 0 bridgehead atoms. The smallest absolute Gasteiger partial charge is 0.130 e. The van der Waals surface area contributed by atoms with Crippen LogP contribution >= 0.6 is 0 Å². The van der Waals surface area contributed by atoms with Crippen LogP contribution in [0.25, 0.3) is 0 Å². The van der Waals surface area contributed by atoms with E-state index in [0.717, 1.165) is 12.0 Å². The van der Waals surface area contributed by atoms with E-state index >= 15 is 0 Å². The van der Waals surface area contributed by atoms with Crippen LogP contribution in [0.15, 0.2) is 6.07 Å². The molecule has 1 saturated carbocycles. The maximum absolute atomic E-state index is 13.7. The molecular formula is C13H17FO2. The van der Waals surface area contributed by atoms with Crippen molar-refractivity contribution in [3.05, 3.63) is 28.6 Å². The van der Waals surface area contributed by atoms with Crippen LogP contribution in [0.5, 0.6) is 5.75 Å². The van der Waals surface area contributed by atoms with E-state index in [1.54, 1.807) is 14.0 Å². The number of benzene rings is 1. The third kappa shape index (κ3) is 1.59. The molecule has 2 nitrogen and oxygen atoms in total. The predicted molar refractivity (Wildman–Crippen MR) is 60.2 cm³/mol. The van der Waals surface area contributed by atoms with Gasteiger partial charge in [0.25, 0.3) is 0 Å². The average Bonchev–Trinajstić information content (AvgIpc) is 3.00. The van der Waals surface area contributed by atoms with E-state index < -0.39 is 5.60 Å². The highest BCUT2D eigenvalue weighted by Gasteiger charge is 2.44. The summed E-state index contributed by atoms with van der Waals surface area (Å²) in [5, 5.41) is 10.1. The summed E-state index contributed by atoms with van der Waals surface area (Å²) in [5.41, 5.74) is 1.34. The van der Waals surface area contributed by atoms with Crippen LogP contribution in [0.3, 0.4) is 0 Å². The van der Waals surface area contributed by atoms with E-state index in [2.05, 4.69) is 0 Å². The molecule has 1 fully saturated rings. The number of hydrogen-bond acceptors (Lipinski definition) is 2. The molecule has 0 spiro atoms. The Labute approximate surface area is 95.1 Å². The van der Waals surface area contributed by atoms with Crippen molar-refractivity contribution >= 4 is 0 Å². The van der Waals surface area contributed by atoms with Crippen LogP contribution in [0.4, 0.5) is 4.39 Å². The van der Waals surface area contributed by atoms with Crippen molar-refractivity contribution in [1.82, 2.24) is 0 Å². The molecule has 0 radical (unpaired) electrons. The van der Waals surface area contributed by atoms with Gasteiger partial charge in [0.1, 0.15) is 11.6 Å². The van der Waals surface area contributed by atoms with E-state index in [-0.39, 0.29) is 5.82 Å². The molecule has 1 aromatic rings. The highest BCUT2D eigenvalue weighted by atomic mass is 19.1. The molecular weight excluding hydrogens is 207 g/mol. The minimum Gasteiger partial charge on any atom is -0.496 e. The van der Waals surface area contributed by atoms with Gasteiger partial charge in [-0.2, -0.15) is 0 Å². The number of aliphatic hydroxyl groups is 1. The van der Waals surface area contributed by atoms with Gasteiger partial charge in [-0.3, -0.25) is 0 Å². The molecule has 1 aromatic carbocycles. The van der Waals surface area contributed by atoms with Crippen molar-refractivity contribution in [2.75, 3.05) is 7.11 Å². The number of rotatable bonds is 3. The minimum atomic E-state index is -0.812. The van der Waals surface area contributed by atoms with Gasteiger partial charge in [0, 0.05) is 11.1 Å². The van der Waals surface area contributed by atoms with Crippen molar-refractivity contribution in [2.45, 2.75) is 38.7 Å². The molecule has 0 amide bonds. The Balaban J connectivity index is 2.64. The minimum absolute atomic E-state index is 0.302. The summed E-state index contributed by atoms with van der Waals surface area (Å²) in [4.78, 5) is 0. The summed E-state index contributed by atoms with van der Waals surface area (Å²) in [7, 11) is 1.54. The molecule has 3 heteroatoms. The number of methoxy groups -OCH3 is 1. The van der Waals surface area contributed by atoms with Gasteiger partial charge in [0.15, 0.2) is 0 Å². The summed E-state index contributed by atoms with van der Waals surface area (Å²) < 4.78 is 19.0. The second kappa shape index (κ2) is 3.74. The fourth-order valence-corrected chi connectivity index (χ4v) is 2.21. The first-order valence-electron chi connectivity index (χ1n) is 5.62. The topological polar surface area (TPSA) is 29.5 Å². The van der Waals surface area contributed by atoms with Gasteiger partial charge < -0.3 is 9.84 Å². The highest BCUT2D eigenvalue weighted by Crippen LogP contribution is 2.49. The lowest BCUT2D eigenvalue weighted by atomic mass is 9.95. The van der Waals surface area contributed by atoms with Gasteiger partial charge in [-0.25, -0.2) is 4.39 Å². The summed E-state index contributed by atoms with van der Waals surface area (Å²) >= 11 is 0. The van der Waals surface area contributed by atoms with Gasteiger partial charge >= 0.3 is 0 Å². The maximum Gasteiger partial charge on any atom is 0.130 e. The van der Waals surface area contributed by atoms with Crippen molar-refractivity contribution in [3.63, 3.8) is 0 Å². The summed E-state index contributed by atoms with van der Waals surface area (Å²) in [6.45, 7) is 3.69. The number of ether oxygens (including phenoxy) is 1. The molecule has 0 heterocycles. The van der Waals surface area contributed by atoms with Crippen molar-refractivity contribution in [1.29, 1.82) is 0 Å². The van der Waals surface area contributed by atoms with E-state index in [9.17, 15) is 9.50 Å². The zero-order valence-electron chi connectivity index (χ0n) is 9.93. The summed E-state index contributed by atoms with van der Waals surface area (Å²) in [5.74, 6) is 0.280. The van der Waals surface area contributed by atoms with Gasteiger partial charge in [-0.1, -0.05) is 6.92 Å². The fraction of sp³-hybridized carbons (Fsp3) is 0.538. The van der Waals surface area contributed by atoms with Crippen molar-refractivity contribution < 1.29 is 14.2 Å². The third-order valence-electron chi connectivity index (χ3n) is 3.35.